The van der Waals surface area contributed by atoms with Crippen molar-refractivity contribution in [3.8, 4) is 0 Å². The van der Waals surface area contributed by atoms with E-state index in [-0.39, 0.29) is 24.8 Å². The van der Waals surface area contributed by atoms with Crippen LogP contribution in [0.3, 0.4) is 0 Å². The van der Waals surface area contributed by atoms with Crippen molar-refractivity contribution in [2.45, 2.75) is 76.0 Å². The van der Waals surface area contributed by atoms with Crippen LogP contribution in [0, 0.1) is 13.8 Å². The van der Waals surface area contributed by atoms with Gasteiger partial charge in [-0.2, -0.15) is 0 Å². The van der Waals surface area contributed by atoms with Crippen LogP contribution in [-0.2, 0) is 34.0 Å². The molecule has 0 heterocycles. The Kier molecular flexibility index (Phi) is 7.77. The summed E-state index contributed by atoms with van der Waals surface area (Å²) in [7, 11) is -2.56. The van der Waals surface area contributed by atoms with E-state index in [1.165, 1.54) is 0 Å². The standard InChI is InChI=1S/C28H34O5P/c1-21-7-11-23(12-8-21)27(15-3-4-16-27)25(29)19-32-34(31)33-20-26(30)28(17-5-6-18-28)24-13-9-22(2)10-14-24/h7-14H,3-6,15-20H2,1-2H3/q+1. The van der Waals surface area contributed by atoms with Gasteiger partial charge < -0.3 is 0 Å². The minimum absolute atomic E-state index is 0.0703. The molecule has 180 valence electrons. The molecular weight excluding hydrogens is 447 g/mol. The molecule has 0 radical (unpaired) electrons. The highest BCUT2D eigenvalue weighted by atomic mass is 31.1. The van der Waals surface area contributed by atoms with Crippen LogP contribution >= 0.6 is 8.25 Å². The van der Waals surface area contributed by atoms with Crippen LogP contribution in [0.2, 0.25) is 0 Å². The largest absolute Gasteiger partial charge is 0.698 e. The minimum Gasteiger partial charge on any atom is -0.296 e. The predicted octanol–water partition coefficient (Wildman–Crippen LogP) is 6.46. The van der Waals surface area contributed by atoms with Gasteiger partial charge >= 0.3 is 8.25 Å². The molecular formula is C28H34O5P+. The molecule has 4 rings (SSSR count). The van der Waals surface area contributed by atoms with Crippen LogP contribution in [0.1, 0.15) is 73.6 Å². The quantitative estimate of drug-likeness (QED) is 0.365. The molecule has 0 aliphatic heterocycles. The van der Waals surface area contributed by atoms with Gasteiger partial charge in [-0.15, -0.1) is 9.05 Å². The summed E-state index contributed by atoms with van der Waals surface area (Å²) in [4.78, 5) is 26.4. The first kappa shape index (κ1) is 24.9. The van der Waals surface area contributed by atoms with Crippen LogP contribution in [0.4, 0.5) is 0 Å². The number of ketones is 2. The van der Waals surface area contributed by atoms with E-state index >= 15 is 0 Å². The van der Waals surface area contributed by atoms with E-state index < -0.39 is 19.1 Å². The van der Waals surface area contributed by atoms with Gasteiger partial charge in [-0.25, -0.2) is 0 Å². The van der Waals surface area contributed by atoms with Gasteiger partial charge in [0.15, 0.2) is 24.8 Å². The summed E-state index contributed by atoms with van der Waals surface area (Å²) in [5, 5.41) is 0. The lowest BCUT2D eigenvalue weighted by Crippen LogP contribution is -2.36. The maximum atomic E-state index is 13.2. The van der Waals surface area contributed by atoms with E-state index in [0.717, 1.165) is 73.6 Å². The number of Topliss-reactive ketones (excluding diaryl/α,β-unsaturated/α-hetero) is 2. The molecule has 5 nitrogen and oxygen atoms in total. The smallest absolute Gasteiger partial charge is 0.296 e. The summed E-state index contributed by atoms with van der Waals surface area (Å²) in [6.45, 7) is 3.49. The first-order valence-corrected chi connectivity index (χ1v) is 13.4. The second kappa shape index (κ2) is 10.6. The van der Waals surface area contributed by atoms with Crippen LogP contribution in [0.15, 0.2) is 48.5 Å². The third kappa shape index (κ3) is 5.07. The fourth-order valence-corrected chi connectivity index (χ4v) is 6.22. The molecule has 0 unspecified atom stereocenters. The zero-order chi connectivity index (χ0) is 24.2. The average Bonchev–Trinajstić information content (AvgIpc) is 3.53. The molecule has 2 aromatic rings. The zero-order valence-corrected chi connectivity index (χ0v) is 21.1. The third-order valence-corrected chi connectivity index (χ3v) is 8.47. The lowest BCUT2D eigenvalue weighted by molar-refractivity contribution is -0.127. The van der Waals surface area contributed by atoms with Gasteiger partial charge in [0.2, 0.25) is 0 Å². The summed E-state index contributed by atoms with van der Waals surface area (Å²) in [5.41, 5.74) is 3.12. The molecule has 0 amide bonds. The van der Waals surface area contributed by atoms with Crippen molar-refractivity contribution in [3.63, 3.8) is 0 Å². The van der Waals surface area contributed by atoms with Crippen LogP contribution in [0.25, 0.3) is 0 Å². The summed E-state index contributed by atoms with van der Waals surface area (Å²) in [5.74, 6) is -0.141. The van der Waals surface area contributed by atoms with Crippen LogP contribution < -0.4 is 0 Å². The molecule has 0 aromatic heterocycles. The predicted molar refractivity (Wildman–Crippen MR) is 132 cm³/mol. The average molecular weight is 482 g/mol. The molecule has 2 aromatic carbocycles. The van der Waals surface area contributed by atoms with E-state index in [1.54, 1.807) is 0 Å². The fraction of sp³-hybridized carbons (Fsp3) is 0.500. The van der Waals surface area contributed by atoms with Crippen LogP contribution in [0.5, 0.6) is 0 Å². The van der Waals surface area contributed by atoms with Crippen molar-refractivity contribution in [2.75, 3.05) is 13.2 Å². The van der Waals surface area contributed by atoms with Crippen LogP contribution in [-0.4, -0.2) is 24.8 Å². The first-order valence-electron chi connectivity index (χ1n) is 12.3. The van der Waals surface area contributed by atoms with Gasteiger partial charge in [0.1, 0.15) is 0 Å². The van der Waals surface area contributed by atoms with Crippen molar-refractivity contribution < 1.29 is 23.2 Å². The zero-order valence-electron chi connectivity index (χ0n) is 20.2. The van der Waals surface area contributed by atoms with Gasteiger partial charge in [-0.1, -0.05) is 85.3 Å². The monoisotopic (exact) mass is 481 g/mol. The second-order valence-electron chi connectivity index (χ2n) is 9.93. The van der Waals surface area contributed by atoms with E-state index in [1.807, 2.05) is 62.4 Å². The Balaban J connectivity index is 1.35. The highest BCUT2D eigenvalue weighted by Crippen LogP contribution is 2.44. The third-order valence-electron chi connectivity index (χ3n) is 7.79. The molecule has 34 heavy (non-hydrogen) atoms. The van der Waals surface area contributed by atoms with E-state index in [2.05, 4.69) is 0 Å². The number of rotatable bonds is 10. The highest BCUT2D eigenvalue weighted by Gasteiger charge is 2.45. The normalized spacial score (nSPS) is 18.6. The lowest BCUT2D eigenvalue weighted by atomic mass is 9.75. The van der Waals surface area contributed by atoms with Gasteiger partial charge in [-0.3, -0.25) is 9.59 Å². The highest BCUT2D eigenvalue weighted by molar-refractivity contribution is 7.33. The Morgan fingerprint density at radius 1 is 0.676 bits per heavy atom. The summed E-state index contributed by atoms with van der Waals surface area (Å²) in [6.07, 6.45) is 7.02. The van der Waals surface area contributed by atoms with Gasteiger partial charge in [0.05, 0.1) is 10.8 Å². The Bertz CT molecular complexity index is 946. The first-order chi connectivity index (χ1) is 16.4. The Labute approximate surface area is 203 Å². The van der Waals surface area contributed by atoms with Gasteiger partial charge in [0, 0.05) is 4.57 Å². The molecule has 0 N–H and O–H groups in total. The Morgan fingerprint density at radius 3 is 1.32 bits per heavy atom. The molecule has 0 saturated heterocycles. The molecule has 0 atom stereocenters. The molecule has 6 heteroatoms. The molecule has 0 bridgehead atoms. The molecule has 2 aliphatic rings. The molecule has 0 spiro atoms. The number of carbonyl (C=O) groups is 2. The summed E-state index contributed by atoms with van der Waals surface area (Å²) in [6, 6.07) is 16.1. The molecule has 2 saturated carbocycles. The Hall–Kier alpha value is -2.20. The number of hydrogen-bond donors (Lipinski definition) is 0. The van der Waals surface area contributed by atoms with Crippen molar-refractivity contribution in [3.05, 3.63) is 70.8 Å². The van der Waals surface area contributed by atoms with Gasteiger partial charge in [0.25, 0.3) is 0 Å². The number of hydrogen-bond acceptors (Lipinski definition) is 5. The summed E-state index contributed by atoms with van der Waals surface area (Å²) >= 11 is 0. The summed E-state index contributed by atoms with van der Waals surface area (Å²) < 4.78 is 23.1. The molecule has 2 fully saturated rings. The van der Waals surface area contributed by atoms with Crippen molar-refractivity contribution in [1.82, 2.24) is 0 Å². The van der Waals surface area contributed by atoms with E-state index in [9.17, 15) is 14.2 Å². The SMILES string of the molecule is Cc1ccc(C2(C(=O)CO[P+](=O)OCC(=O)C3(c4ccc(C)cc4)CCCC3)CCCC2)cc1. The van der Waals surface area contributed by atoms with E-state index in [4.69, 9.17) is 9.05 Å². The second-order valence-corrected chi connectivity index (χ2v) is 10.9. The number of aryl methyl sites for hydroxylation is 2. The van der Waals surface area contributed by atoms with Crippen molar-refractivity contribution in [2.24, 2.45) is 0 Å². The maximum Gasteiger partial charge on any atom is 0.698 e. The topological polar surface area (TPSA) is 69.7 Å². The maximum absolute atomic E-state index is 13.2. The van der Waals surface area contributed by atoms with Gasteiger partial charge in [-0.05, 0) is 50.7 Å². The lowest BCUT2D eigenvalue weighted by Gasteiger charge is -2.27. The molecule has 2 aliphatic carbocycles. The minimum atomic E-state index is -2.56. The number of carbonyl (C=O) groups excluding carboxylic acids is 2. The van der Waals surface area contributed by atoms with Crippen molar-refractivity contribution >= 4 is 19.8 Å². The fourth-order valence-electron chi connectivity index (χ4n) is 5.70. The van der Waals surface area contributed by atoms with E-state index in [0.29, 0.717) is 0 Å². The van der Waals surface area contributed by atoms with Crippen molar-refractivity contribution in [1.29, 1.82) is 0 Å². The number of benzene rings is 2. The Morgan fingerprint density at radius 2 is 1.00 bits per heavy atom.